The van der Waals surface area contributed by atoms with Crippen molar-refractivity contribution in [2.24, 2.45) is 5.73 Å². The van der Waals surface area contributed by atoms with Crippen LogP contribution in [0.25, 0.3) is 0 Å². The molecule has 0 bridgehead atoms. The zero-order chi connectivity index (χ0) is 14.7. The number of carbonyl (C=O) groups is 1. The van der Waals surface area contributed by atoms with Crippen LogP contribution >= 0.6 is 11.6 Å². The number of hydrogen-bond acceptors (Lipinski definition) is 3. The molecule has 0 radical (unpaired) electrons. The van der Waals surface area contributed by atoms with E-state index in [1.807, 2.05) is 35.8 Å². The second kappa shape index (κ2) is 6.22. The summed E-state index contributed by atoms with van der Waals surface area (Å²) in [6, 6.07) is 10.7. The quantitative estimate of drug-likeness (QED) is 0.861. The van der Waals surface area contributed by atoms with Gasteiger partial charge in [0.25, 0.3) is 0 Å². The van der Waals surface area contributed by atoms with E-state index in [0.29, 0.717) is 22.8 Å². The number of rotatable bonds is 5. The molecule has 4 nitrogen and oxygen atoms in total. The first-order valence-electron chi connectivity index (χ1n) is 6.38. The van der Waals surface area contributed by atoms with E-state index in [2.05, 4.69) is 0 Å². The highest BCUT2D eigenvalue weighted by Crippen LogP contribution is 2.21. The summed E-state index contributed by atoms with van der Waals surface area (Å²) in [6.07, 6.45) is 1.80. The molecule has 2 N–H and O–H groups in total. The van der Waals surface area contributed by atoms with Gasteiger partial charge in [-0.15, -0.1) is 0 Å². The number of benzene rings is 1. The molecular formula is C15H18ClN3O. The van der Waals surface area contributed by atoms with Crippen molar-refractivity contribution in [2.45, 2.75) is 6.17 Å². The first-order valence-corrected chi connectivity index (χ1v) is 6.76. The normalized spacial score (nSPS) is 12.7. The maximum Gasteiger partial charge on any atom is 0.210 e. The number of nitrogens with zero attached hydrogens (tertiary/aromatic N) is 2. The Balaban J connectivity index is 2.42. The first-order chi connectivity index (χ1) is 9.56. The predicted molar refractivity (Wildman–Crippen MR) is 81.1 cm³/mol. The lowest BCUT2D eigenvalue weighted by atomic mass is 10.1. The number of aromatic nitrogens is 1. The number of hydrogen-bond donors (Lipinski definition) is 1. The summed E-state index contributed by atoms with van der Waals surface area (Å²) >= 11 is 6.10. The van der Waals surface area contributed by atoms with E-state index < -0.39 is 0 Å². The molecule has 1 aromatic carbocycles. The van der Waals surface area contributed by atoms with Gasteiger partial charge in [-0.25, -0.2) is 0 Å². The number of halogens is 1. The van der Waals surface area contributed by atoms with Crippen molar-refractivity contribution in [3.8, 4) is 0 Å². The van der Waals surface area contributed by atoms with Gasteiger partial charge in [0.05, 0.1) is 16.9 Å². The highest BCUT2D eigenvalue weighted by Gasteiger charge is 2.20. The summed E-state index contributed by atoms with van der Waals surface area (Å²) in [5.41, 5.74) is 6.89. The molecule has 0 fully saturated rings. The Morgan fingerprint density at radius 1 is 1.30 bits per heavy atom. The molecule has 5 heteroatoms. The second-order valence-electron chi connectivity index (χ2n) is 4.79. The van der Waals surface area contributed by atoms with Crippen LogP contribution in [0.3, 0.4) is 0 Å². The van der Waals surface area contributed by atoms with E-state index >= 15 is 0 Å². The van der Waals surface area contributed by atoms with Crippen LogP contribution in [-0.2, 0) is 0 Å². The highest BCUT2D eigenvalue weighted by atomic mass is 35.5. The van der Waals surface area contributed by atoms with Crippen LogP contribution in [0.4, 0.5) is 0 Å². The lowest BCUT2D eigenvalue weighted by molar-refractivity contribution is 0.102. The summed E-state index contributed by atoms with van der Waals surface area (Å²) < 4.78 is 1.88. The number of carbonyl (C=O) groups excluding carboxylic acids is 1. The van der Waals surface area contributed by atoms with Gasteiger partial charge in [-0.2, -0.15) is 0 Å². The molecule has 2 aromatic rings. The van der Waals surface area contributed by atoms with Crippen LogP contribution in [0, 0.1) is 0 Å². The van der Waals surface area contributed by atoms with Crippen molar-refractivity contribution in [1.82, 2.24) is 9.47 Å². The van der Waals surface area contributed by atoms with Crippen molar-refractivity contribution in [2.75, 3.05) is 20.6 Å². The van der Waals surface area contributed by atoms with Crippen LogP contribution in [0.2, 0.25) is 5.02 Å². The van der Waals surface area contributed by atoms with Gasteiger partial charge in [0.2, 0.25) is 5.78 Å². The molecule has 0 saturated carbocycles. The highest BCUT2D eigenvalue weighted by molar-refractivity contribution is 6.34. The zero-order valence-electron chi connectivity index (χ0n) is 11.6. The van der Waals surface area contributed by atoms with Crippen LogP contribution in [-0.4, -0.2) is 35.9 Å². The van der Waals surface area contributed by atoms with Gasteiger partial charge in [-0.1, -0.05) is 23.7 Å². The Morgan fingerprint density at radius 2 is 2.00 bits per heavy atom. The van der Waals surface area contributed by atoms with E-state index in [4.69, 9.17) is 17.3 Å². The number of likely N-dealkylation sites (N-methyl/N-ethyl adjacent to an activating group) is 1. The molecular weight excluding hydrogens is 274 g/mol. The minimum atomic E-state index is -0.0964. The van der Waals surface area contributed by atoms with Crippen molar-refractivity contribution < 1.29 is 4.79 Å². The third kappa shape index (κ3) is 2.77. The molecule has 106 valence electrons. The van der Waals surface area contributed by atoms with E-state index in [9.17, 15) is 4.79 Å². The first kappa shape index (κ1) is 14.8. The molecule has 1 heterocycles. The molecule has 1 aromatic heterocycles. The van der Waals surface area contributed by atoms with Crippen LogP contribution in [0.5, 0.6) is 0 Å². The van der Waals surface area contributed by atoms with Gasteiger partial charge >= 0.3 is 0 Å². The van der Waals surface area contributed by atoms with Crippen molar-refractivity contribution in [3.63, 3.8) is 0 Å². The molecule has 0 saturated heterocycles. The smallest absolute Gasteiger partial charge is 0.210 e. The fourth-order valence-electron chi connectivity index (χ4n) is 2.20. The number of nitrogens with two attached hydrogens (primary N) is 1. The lowest BCUT2D eigenvalue weighted by Crippen LogP contribution is -2.33. The Labute approximate surface area is 123 Å². The van der Waals surface area contributed by atoms with Crippen LogP contribution in [0.1, 0.15) is 22.2 Å². The third-order valence-corrected chi connectivity index (χ3v) is 3.59. The van der Waals surface area contributed by atoms with Crippen molar-refractivity contribution >= 4 is 17.4 Å². The van der Waals surface area contributed by atoms with Gasteiger partial charge in [0, 0.05) is 18.3 Å². The average molecular weight is 292 g/mol. The van der Waals surface area contributed by atoms with Gasteiger partial charge in [0.1, 0.15) is 0 Å². The third-order valence-electron chi connectivity index (χ3n) is 3.26. The Kier molecular flexibility index (Phi) is 4.60. The largest absolute Gasteiger partial charge is 0.327 e. The van der Waals surface area contributed by atoms with E-state index in [0.717, 1.165) is 0 Å². The fourth-order valence-corrected chi connectivity index (χ4v) is 2.42. The topological polar surface area (TPSA) is 51.3 Å². The van der Waals surface area contributed by atoms with Gasteiger partial charge in [0.15, 0.2) is 0 Å². The maximum absolute atomic E-state index is 12.6. The molecule has 1 unspecified atom stereocenters. The Morgan fingerprint density at radius 3 is 2.60 bits per heavy atom. The molecule has 1 atom stereocenters. The summed E-state index contributed by atoms with van der Waals surface area (Å²) in [7, 11) is 3.86. The molecule has 0 aliphatic rings. The summed E-state index contributed by atoms with van der Waals surface area (Å²) in [5.74, 6) is -0.0964. The number of ketones is 1. The monoisotopic (exact) mass is 291 g/mol. The van der Waals surface area contributed by atoms with Gasteiger partial charge in [-0.05, 0) is 38.4 Å². The summed E-state index contributed by atoms with van der Waals surface area (Å²) in [5, 5.41) is 0.458. The second-order valence-corrected chi connectivity index (χ2v) is 5.20. The standard InChI is InChI=1S/C15H18ClN3O/c1-18(2)14(10-17)19-9-5-8-13(19)15(20)11-6-3-4-7-12(11)16/h3-9,14H,10,17H2,1-2H3. The van der Waals surface area contributed by atoms with Gasteiger partial charge < -0.3 is 10.3 Å². The van der Waals surface area contributed by atoms with Crippen LogP contribution in [0.15, 0.2) is 42.6 Å². The lowest BCUT2D eigenvalue weighted by Gasteiger charge is -2.26. The average Bonchev–Trinajstić information content (AvgIpc) is 2.88. The van der Waals surface area contributed by atoms with E-state index in [-0.39, 0.29) is 11.9 Å². The molecule has 0 aliphatic carbocycles. The SMILES string of the molecule is CN(C)C(CN)n1cccc1C(=O)c1ccccc1Cl. The predicted octanol–water partition coefficient (Wildman–Crippen LogP) is 2.39. The maximum atomic E-state index is 12.6. The summed E-state index contributed by atoms with van der Waals surface area (Å²) in [6.45, 7) is 0.421. The Bertz CT molecular complexity index is 607. The molecule has 0 amide bonds. The Hall–Kier alpha value is -1.62. The molecule has 0 spiro atoms. The van der Waals surface area contributed by atoms with Crippen molar-refractivity contribution in [1.29, 1.82) is 0 Å². The minimum Gasteiger partial charge on any atom is -0.327 e. The molecule has 20 heavy (non-hydrogen) atoms. The summed E-state index contributed by atoms with van der Waals surface area (Å²) in [4.78, 5) is 14.6. The zero-order valence-corrected chi connectivity index (χ0v) is 12.3. The van der Waals surface area contributed by atoms with Gasteiger partial charge in [-0.3, -0.25) is 9.69 Å². The minimum absolute atomic E-state index is 0.0635. The van der Waals surface area contributed by atoms with Crippen molar-refractivity contribution in [3.05, 3.63) is 58.9 Å². The molecule has 2 rings (SSSR count). The van der Waals surface area contributed by atoms with Crippen LogP contribution < -0.4 is 5.73 Å². The fraction of sp³-hybridized carbons (Fsp3) is 0.267. The van der Waals surface area contributed by atoms with E-state index in [1.165, 1.54) is 0 Å². The molecule has 0 aliphatic heterocycles. The van der Waals surface area contributed by atoms with E-state index in [1.54, 1.807) is 30.3 Å².